The number of aryl methyl sites for hydroxylation is 1. The number of aromatic nitrogens is 2. The first-order valence-electron chi connectivity index (χ1n) is 5.53. The van der Waals surface area contributed by atoms with Crippen molar-refractivity contribution < 1.29 is 0 Å². The molecule has 1 heterocycles. The van der Waals surface area contributed by atoms with E-state index >= 15 is 0 Å². The number of anilines is 1. The summed E-state index contributed by atoms with van der Waals surface area (Å²) in [4.78, 5) is 8.34. The molecule has 1 unspecified atom stereocenters. The highest BCUT2D eigenvalue weighted by Gasteiger charge is 2.02. The van der Waals surface area contributed by atoms with Gasteiger partial charge in [-0.3, -0.25) is 0 Å². The quantitative estimate of drug-likeness (QED) is 0.745. The molecule has 0 amide bonds. The minimum absolute atomic E-state index is 0.410. The Bertz CT molecular complexity index is 288. The summed E-state index contributed by atoms with van der Waals surface area (Å²) >= 11 is 0. The fraction of sp³-hybridized carbons (Fsp3) is 0.636. The van der Waals surface area contributed by atoms with Gasteiger partial charge in [0, 0.05) is 17.8 Å². The number of nitrogens with two attached hydrogens (primary N) is 1. The normalized spacial score (nSPS) is 12.5. The maximum Gasteiger partial charge on any atom is 0.129 e. The van der Waals surface area contributed by atoms with E-state index in [0.29, 0.717) is 6.04 Å². The molecule has 0 radical (unpaired) electrons. The van der Waals surface area contributed by atoms with Gasteiger partial charge in [-0.25, -0.2) is 9.97 Å². The first-order chi connectivity index (χ1) is 7.26. The highest BCUT2D eigenvalue weighted by Crippen LogP contribution is 2.08. The molecule has 0 fully saturated rings. The van der Waals surface area contributed by atoms with Gasteiger partial charge in [0.2, 0.25) is 0 Å². The maximum atomic E-state index is 5.46. The molecule has 0 spiro atoms. The van der Waals surface area contributed by atoms with Crippen molar-refractivity contribution in [3.8, 4) is 0 Å². The Balaban J connectivity index is 2.48. The van der Waals surface area contributed by atoms with Crippen LogP contribution in [-0.4, -0.2) is 22.6 Å². The largest absolute Gasteiger partial charge is 0.368 e. The maximum absolute atomic E-state index is 5.46. The highest BCUT2D eigenvalue weighted by molar-refractivity contribution is 5.35. The van der Waals surface area contributed by atoms with E-state index in [2.05, 4.69) is 29.1 Å². The molecular weight excluding hydrogens is 188 g/mol. The number of hydrogen-bond donors (Lipinski definition) is 2. The zero-order valence-electron chi connectivity index (χ0n) is 9.53. The molecule has 1 aromatic heterocycles. The van der Waals surface area contributed by atoms with Crippen LogP contribution < -0.4 is 11.1 Å². The van der Waals surface area contributed by atoms with Gasteiger partial charge in [0.25, 0.3) is 0 Å². The van der Waals surface area contributed by atoms with E-state index in [0.717, 1.165) is 37.3 Å². The highest BCUT2D eigenvalue weighted by atomic mass is 15.0. The standard InChI is InChI=1S/C11H20N4/c1-3-10-7-11(14-8-13-10)15-9(2)5-4-6-12/h7-9H,3-6,12H2,1-2H3,(H,13,14,15). The van der Waals surface area contributed by atoms with Crippen LogP contribution in [0.3, 0.4) is 0 Å². The second kappa shape index (κ2) is 6.35. The lowest BCUT2D eigenvalue weighted by Gasteiger charge is -2.13. The first-order valence-corrected chi connectivity index (χ1v) is 5.53. The van der Waals surface area contributed by atoms with Crippen molar-refractivity contribution in [3.05, 3.63) is 18.1 Å². The molecule has 4 nitrogen and oxygen atoms in total. The summed E-state index contributed by atoms with van der Waals surface area (Å²) in [6.45, 7) is 4.98. The summed E-state index contributed by atoms with van der Waals surface area (Å²) in [5.41, 5.74) is 6.53. The number of rotatable bonds is 6. The summed E-state index contributed by atoms with van der Waals surface area (Å²) in [6, 6.07) is 2.41. The summed E-state index contributed by atoms with van der Waals surface area (Å²) in [6.07, 6.45) is 4.66. The Morgan fingerprint density at radius 2 is 2.27 bits per heavy atom. The smallest absolute Gasteiger partial charge is 0.129 e. The molecular formula is C11H20N4. The van der Waals surface area contributed by atoms with Crippen LogP contribution >= 0.6 is 0 Å². The Hall–Kier alpha value is -1.16. The molecule has 1 aromatic rings. The van der Waals surface area contributed by atoms with Gasteiger partial charge in [-0.1, -0.05) is 6.92 Å². The summed E-state index contributed by atoms with van der Waals surface area (Å²) < 4.78 is 0. The van der Waals surface area contributed by atoms with Gasteiger partial charge in [0.15, 0.2) is 0 Å². The Morgan fingerprint density at radius 1 is 1.47 bits per heavy atom. The minimum Gasteiger partial charge on any atom is -0.368 e. The third-order valence-electron chi connectivity index (χ3n) is 2.32. The summed E-state index contributed by atoms with van der Waals surface area (Å²) in [5.74, 6) is 0.909. The van der Waals surface area contributed by atoms with E-state index in [9.17, 15) is 0 Å². The predicted octanol–water partition coefficient (Wildman–Crippen LogP) is 1.58. The molecule has 0 aliphatic heterocycles. The van der Waals surface area contributed by atoms with Crippen molar-refractivity contribution in [1.82, 2.24) is 9.97 Å². The van der Waals surface area contributed by atoms with E-state index in [1.54, 1.807) is 6.33 Å². The third-order valence-corrected chi connectivity index (χ3v) is 2.32. The molecule has 0 aliphatic carbocycles. The molecule has 0 bridgehead atoms. The van der Waals surface area contributed by atoms with Gasteiger partial charge in [0.1, 0.15) is 12.1 Å². The molecule has 1 rings (SSSR count). The lowest BCUT2D eigenvalue weighted by Crippen LogP contribution is -2.17. The van der Waals surface area contributed by atoms with Crippen molar-refractivity contribution in [3.63, 3.8) is 0 Å². The van der Waals surface area contributed by atoms with Crippen LogP contribution in [-0.2, 0) is 6.42 Å². The van der Waals surface area contributed by atoms with Crippen molar-refractivity contribution in [2.75, 3.05) is 11.9 Å². The summed E-state index contributed by atoms with van der Waals surface area (Å²) in [7, 11) is 0. The van der Waals surface area contributed by atoms with Crippen molar-refractivity contribution in [1.29, 1.82) is 0 Å². The van der Waals surface area contributed by atoms with Crippen LogP contribution in [0.2, 0.25) is 0 Å². The van der Waals surface area contributed by atoms with Crippen LogP contribution in [0, 0.1) is 0 Å². The van der Waals surface area contributed by atoms with Crippen molar-refractivity contribution in [2.24, 2.45) is 5.73 Å². The van der Waals surface area contributed by atoms with Gasteiger partial charge in [0.05, 0.1) is 0 Å². The fourth-order valence-electron chi connectivity index (χ4n) is 1.42. The number of nitrogens with zero attached hydrogens (tertiary/aromatic N) is 2. The van der Waals surface area contributed by atoms with Crippen LogP contribution in [0.5, 0.6) is 0 Å². The molecule has 15 heavy (non-hydrogen) atoms. The molecule has 0 saturated heterocycles. The second-order valence-corrected chi connectivity index (χ2v) is 3.72. The molecule has 0 saturated carbocycles. The third kappa shape index (κ3) is 4.25. The fourth-order valence-corrected chi connectivity index (χ4v) is 1.42. The number of hydrogen-bond acceptors (Lipinski definition) is 4. The van der Waals surface area contributed by atoms with Crippen LogP contribution in [0.1, 0.15) is 32.4 Å². The zero-order chi connectivity index (χ0) is 11.1. The molecule has 1 atom stereocenters. The van der Waals surface area contributed by atoms with E-state index < -0.39 is 0 Å². The van der Waals surface area contributed by atoms with Crippen LogP contribution in [0.15, 0.2) is 12.4 Å². The topological polar surface area (TPSA) is 63.8 Å². The molecule has 3 N–H and O–H groups in total. The monoisotopic (exact) mass is 208 g/mol. The van der Waals surface area contributed by atoms with Gasteiger partial charge in [-0.2, -0.15) is 0 Å². The van der Waals surface area contributed by atoms with E-state index in [-0.39, 0.29) is 0 Å². The lowest BCUT2D eigenvalue weighted by molar-refractivity contribution is 0.660. The molecule has 0 aliphatic rings. The van der Waals surface area contributed by atoms with Gasteiger partial charge in [-0.15, -0.1) is 0 Å². The van der Waals surface area contributed by atoms with Crippen LogP contribution in [0.4, 0.5) is 5.82 Å². The Morgan fingerprint density at radius 3 is 2.93 bits per heavy atom. The van der Waals surface area contributed by atoms with Gasteiger partial charge in [-0.05, 0) is 32.7 Å². The summed E-state index contributed by atoms with van der Waals surface area (Å²) in [5, 5.41) is 3.34. The van der Waals surface area contributed by atoms with E-state index in [1.807, 2.05) is 6.07 Å². The average molecular weight is 208 g/mol. The number of nitrogens with one attached hydrogen (secondary N) is 1. The van der Waals surface area contributed by atoms with Crippen molar-refractivity contribution >= 4 is 5.82 Å². The average Bonchev–Trinajstić information content (AvgIpc) is 2.26. The Kier molecular flexibility index (Phi) is 5.04. The van der Waals surface area contributed by atoms with Crippen molar-refractivity contribution in [2.45, 2.75) is 39.2 Å². The predicted molar refractivity (Wildman–Crippen MR) is 62.8 cm³/mol. The SMILES string of the molecule is CCc1cc(NC(C)CCCN)ncn1. The van der Waals surface area contributed by atoms with E-state index in [4.69, 9.17) is 5.73 Å². The lowest BCUT2D eigenvalue weighted by atomic mass is 10.2. The minimum atomic E-state index is 0.410. The Labute approximate surface area is 91.3 Å². The van der Waals surface area contributed by atoms with Crippen LogP contribution in [0.25, 0.3) is 0 Å². The second-order valence-electron chi connectivity index (χ2n) is 3.72. The molecule has 0 aromatic carbocycles. The first kappa shape index (κ1) is 11.9. The molecule has 4 heteroatoms. The van der Waals surface area contributed by atoms with E-state index in [1.165, 1.54) is 0 Å². The molecule has 84 valence electrons. The van der Waals surface area contributed by atoms with Gasteiger partial charge < -0.3 is 11.1 Å². The zero-order valence-corrected chi connectivity index (χ0v) is 9.53. The van der Waals surface area contributed by atoms with Gasteiger partial charge >= 0.3 is 0 Å².